The second-order valence-electron chi connectivity index (χ2n) is 3.81. The van der Waals surface area contributed by atoms with Crippen LogP contribution in [0.4, 0.5) is 0 Å². The van der Waals surface area contributed by atoms with Gasteiger partial charge in [0, 0.05) is 13.1 Å². The molecule has 6 heteroatoms. The molecule has 0 aliphatic carbocycles. The monoisotopic (exact) mass is 272 g/mol. The number of rotatable bonds is 6. The lowest BCUT2D eigenvalue weighted by atomic mass is 10.1. The summed E-state index contributed by atoms with van der Waals surface area (Å²) in [4.78, 5) is 11.9. The molecule has 0 atom stereocenters. The van der Waals surface area contributed by atoms with Gasteiger partial charge < -0.3 is 10.6 Å². The van der Waals surface area contributed by atoms with Crippen molar-refractivity contribution in [1.29, 1.82) is 0 Å². The topological polar surface area (TPSA) is 66.9 Å². The van der Waals surface area contributed by atoms with Crippen LogP contribution in [0.1, 0.15) is 35.6 Å². The molecule has 0 aliphatic rings. The van der Waals surface area contributed by atoms with Crippen LogP contribution in [0.15, 0.2) is 6.07 Å². The van der Waals surface area contributed by atoms with Crippen LogP contribution in [-0.2, 0) is 6.42 Å². The molecule has 2 N–H and O–H groups in total. The molecule has 0 unspecified atom stereocenters. The summed E-state index contributed by atoms with van der Waals surface area (Å²) in [6, 6.07) is 1.79. The van der Waals surface area contributed by atoms with Gasteiger partial charge in [-0.2, -0.15) is 10.2 Å². The van der Waals surface area contributed by atoms with Crippen molar-refractivity contribution >= 4 is 18.3 Å². The minimum atomic E-state index is -0.0715. The van der Waals surface area contributed by atoms with Crippen molar-refractivity contribution in [3.63, 3.8) is 0 Å². The fourth-order valence-electron chi connectivity index (χ4n) is 1.51. The van der Waals surface area contributed by atoms with Crippen LogP contribution < -0.4 is 10.6 Å². The Morgan fingerprint density at radius 2 is 2.00 bits per heavy atom. The number of nitrogens with one attached hydrogen (secondary N) is 2. The molecule has 0 spiro atoms. The Morgan fingerprint density at radius 1 is 1.28 bits per heavy atom. The Labute approximate surface area is 114 Å². The molecule has 0 saturated carbocycles. The maximum Gasteiger partial charge on any atom is 0.253 e. The third kappa shape index (κ3) is 4.98. The normalized spacial score (nSPS) is 9.72. The fraction of sp³-hybridized carbons (Fsp3) is 0.583. The molecule has 0 aliphatic heterocycles. The van der Waals surface area contributed by atoms with Gasteiger partial charge in [0.05, 0.1) is 17.0 Å². The minimum Gasteiger partial charge on any atom is -0.351 e. The SMILES string of the molecule is CCNCCNC(=O)c1cc(C)nnc1CC.Cl. The van der Waals surface area contributed by atoms with Crippen LogP contribution in [-0.4, -0.2) is 35.7 Å². The minimum absolute atomic E-state index is 0. The van der Waals surface area contributed by atoms with Crippen molar-refractivity contribution in [2.75, 3.05) is 19.6 Å². The average Bonchev–Trinajstić information content (AvgIpc) is 2.34. The lowest BCUT2D eigenvalue weighted by Crippen LogP contribution is -2.32. The summed E-state index contributed by atoms with van der Waals surface area (Å²) in [5.74, 6) is -0.0715. The molecule has 102 valence electrons. The molecular formula is C12H21ClN4O. The number of carbonyl (C=O) groups is 1. The van der Waals surface area contributed by atoms with Gasteiger partial charge in [0.25, 0.3) is 5.91 Å². The zero-order valence-electron chi connectivity index (χ0n) is 11.1. The van der Waals surface area contributed by atoms with E-state index in [1.807, 2.05) is 20.8 Å². The van der Waals surface area contributed by atoms with Gasteiger partial charge in [0.15, 0.2) is 0 Å². The molecular weight excluding hydrogens is 252 g/mol. The van der Waals surface area contributed by atoms with Crippen molar-refractivity contribution in [3.8, 4) is 0 Å². The highest BCUT2D eigenvalue weighted by molar-refractivity contribution is 5.95. The van der Waals surface area contributed by atoms with Crippen molar-refractivity contribution in [3.05, 3.63) is 23.0 Å². The standard InChI is InChI=1S/C12H20N4O.ClH/c1-4-11-10(8-9(3)15-16-11)12(17)14-7-6-13-5-2;/h8,13H,4-7H2,1-3H3,(H,14,17);1H. The van der Waals surface area contributed by atoms with Gasteiger partial charge >= 0.3 is 0 Å². The summed E-state index contributed by atoms with van der Waals surface area (Å²) in [7, 11) is 0. The van der Waals surface area contributed by atoms with Crippen molar-refractivity contribution < 1.29 is 4.79 Å². The summed E-state index contributed by atoms with van der Waals surface area (Å²) in [5, 5.41) is 14.0. The number of likely N-dealkylation sites (N-methyl/N-ethyl adjacent to an activating group) is 1. The Morgan fingerprint density at radius 3 is 2.61 bits per heavy atom. The fourth-order valence-corrected chi connectivity index (χ4v) is 1.51. The van der Waals surface area contributed by atoms with Gasteiger partial charge in [-0.3, -0.25) is 4.79 Å². The van der Waals surface area contributed by atoms with Crippen LogP contribution in [0.2, 0.25) is 0 Å². The Hall–Kier alpha value is -1.20. The third-order valence-corrected chi connectivity index (χ3v) is 2.41. The van der Waals surface area contributed by atoms with Gasteiger partial charge in [-0.15, -0.1) is 12.4 Å². The molecule has 1 amide bonds. The van der Waals surface area contributed by atoms with E-state index in [2.05, 4.69) is 20.8 Å². The van der Waals surface area contributed by atoms with Gasteiger partial charge in [-0.1, -0.05) is 13.8 Å². The molecule has 1 rings (SSSR count). The van der Waals surface area contributed by atoms with E-state index in [0.29, 0.717) is 18.5 Å². The maximum atomic E-state index is 11.9. The van der Waals surface area contributed by atoms with Gasteiger partial charge in [-0.25, -0.2) is 0 Å². The summed E-state index contributed by atoms with van der Waals surface area (Å²) in [6.07, 6.45) is 0.712. The Kier molecular flexibility index (Phi) is 8.24. The van der Waals surface area contributed by atoms with E-state index in [1.54, 1.807) is 6.07 Å². The number of nitrogens with zero attached hydrogens (tertiary/aromatic N) is 2. The lowest BCUT2D eigenvalue weighted by molar-refractivity contribution is 0.0952. The van der Waals surface area contributed by atoms with Crippen LogP contribution in [0.3, 0.4) is 0 Å². The molecule has 0 aromatic carbocycles. The molecule has 0 fully saturated rings. The molecule has 1 aromatic rings. The summed E-state index contributed by atoms with van der Waals surface area (Å²) >= 11 is 0. The zero-order valence-corrected chi connectivity index (χ0v) is 11.9. The van der Waals surface area contributed by atoms with E-state index >= 15 is 0 Å². The first kappa shape index (κ1) is 16.8. The van der Waals surface area contributed by atoms with E-state index in [0.717, 1.165) is 24.5 Å². The van der Waals surface area contributed by atoms with Crippen LogP contribution in [0.25, 0.3) is 0 Å². The second-order valence-corrected chi connectivity index (χ2v) is 3.81. The Bertz CT molecular complexity index is 384. The van der Waals surface area contributed by atoms with Crippen molar-refractivity contribution in [1.82, 2.24) is 20.8 Å². The van der Waals surface area contributed by atoms with Crippen molar-refractivity contribution in [2.24, 2.45) is 0 Å². The molecule has 5 nitrogen and oxygen atoms in total. The number of aromatic nitrogens is 2. The number of carbonyl (C=O) groups excluding carboxylic acids is 1. The highest BCUT2D eigenvalue weighted by Gasteiger charge is 2.11. The van der Waals surface area contributed by atoms with E-state index < -0.39 is 0 Å². The van der Waals surface area contributed by atoms with E-state index in [9.17, 15) is 4.79 Å². The first-order chi connectivity index (χ1) is 8.19. The first-order valence-electron chi connectivity index (χ1n) is 6.01. The first-order valence-corrected chi connectivity index (χ1v) is 6.01. The molecule has 1 aromatic heterocycles. The number of halogens is 1. The smallest absolute Gasteiger partial charge is 0.253 e. The largest absolute Gasteiger partial charge is 0.351 e. The zero-order chi connectivity index (χ0) is 12.7. The van der Waals surface area contributed by atoms with Gasteiger partial charge in [0.1, 0.15) is 0 Å². The second kappa shape index (κ2) is 8.83. The van der Waals surface area contributed by atoms with E-state index in [1.165, 1.54) is 0 Å². The van der Waals surface area contributed by atoms with Gasteiger partial charge in [0.2, 0.25) is 0 Å². The third-order valence-electron chi connectivity index (χ3n) is 2.41. The molecule has 0 bridgehead atoms. The quantitative estimate of drug-likeness (QED) is 0.762. The number of hydrogen-bond donors (Lipinski definition) is 2. The summed E-state index contributed by atoms with van der Waals surface area (Å²) < 4.78 is 0. The van der Waals surface area contributed by atoms with Crippen LogP contribution in [0.5, 0.6) is 0 Å². The number of aryl methyl sites for hydroxylation is 2. The lowest BCUT2D eigenvalue weighted by Gasteiger charge is -2.08. The average molecular weight is 273 g/mol. The van der Waals surface area contributed by atoms with Crippen LogP contribution in [0, 0.1) is 6.92 Å². The summed E-state index contributed by atoms with van der Waals surface area (Å²) in [5.41, 5.74) is 2.15. The Balaban J connectivity index is 0.00000289. The number of amides is 1. The highest BCUT2D eigenvalue weighted by atomic mass is 35.5. The maximum absolute atomic E-state index is 11.9. The molecule has 18 heavy (non-hydrogen) atoms. The van der Waals surface area contributed by atoms with Crippen molar-refractivity contribution in [2.45, 2.75) is 27.2 Å². The molecule has 0 saturated heterocycles. The van der Waals surface area contributed by atoms with Gasteiger partial charge in [-0.05, 0) is 26.0 Å². The van der Waals surface area contributed by atoms with E-state index in [4.69, 9.17) is 0 Å². The predicted octanol–water partition coefficient (Wildman–Crippen LogP) is 1.11. The van der Waals surface area contributed by atoms with Crippen LogP contribution >= 0.6 is 12.4 Å². The number of hydrogen-bond acceptors (Lipinski definition) is 4. The van der Waals surface area contributed by atoms with E-state index in [-0.39, 0.29) is 18.3 Å². The molecule has 0 radical (unpaired) electrons. The predicted molar refractivity (Wildman–Crippen MR) is 74.3 cm³/mol. The highest BCUT2D eigenvalue weighted by Crippen LogP contribution is 2.06. The molecule has 1 heterocycles. The summed E-state index contributed by atoms with van der Waals surface area (Å²) in [6.45, 7) is 8.15.